The molecule has 2 nitrogen and oxygen atoms in total. The molecule has 0 unspecified atom stereocenters. The average molecular weight is 231 g/mol. The first-order valence-electron chi connectivity index (χ1n) is 5.94. The zero-order valence-electron chi connectivity index (χ0n) is 11.4. The van der Waals surface area contributed by atoms with E-state index in [0.29, 0.717) is 6.42 Å². The Morgan fingerprint density at radius 3 is 2.53 bits per heavy atom. The molecule has 1 aromatic rings. The smallest absolute Gasteiger partial charge is 0.143 e. The number of hydrogen-bond donors (Lipinski definition) is 0. The molecule has 0 aromatic heterocycles. The molecule has 0 aliphatic carbocycles. The van der Waals surface area contributed by atoms with Gasteiger partial charge in [0.25, 0.3) is 0 Å². The van der Waals surface area contributed by atoms with E-state index in [-0.39, 0.29) is 11.2 Å². The molecule has 0 aliphatic heterocycles. The van der Waals surface area contributed by atoms with E-state index in [0.717, 1.165) is 11.3 Å². The van der Waals surface area contributed by atoms with Gasteiger partial charge in [0.2, 0.25) is 0 Å². The highest BCUT2D eigenvalue weighted by Gasteiger charge is 2.19. The van der Waals surface area contributed by atoms with Crippen molar-refractivity contribution < 1.29 is 4.79 Å². The molecule has 0 saturated carbocycles. The number of hydrogen-bond acceptors (Lipinski definition) is 2. The fourth-order valence-corrected chi connectivity index (χ4v) is 1.39. The largest absolute Gasteiger partial charge is 0.299 e. The summed E-state index contributed by atoms with van der Waals surface area (Å²) in [4.78, 5) is 16.1. The lowest BCUT2D eigenvalue weighted by atomic mass is 9.89. The van der Waals surface area contributed by atoms with Gasteiger partial charge in [-0.3, -0.25) is 9.79 Å². The third-order valence-corrected chi connectivity index (χ3v) is 2.71. The molecule has 0 amide bonds. The first kappa shape index (κ1) is 13.6. The van der Waals surface area contributed by atoms with E-state index in [1.165, 1.54) is 5.56 Å². The SMILES string of the molecule is Cc1ccc(C)c(N=CCC(=O)C(C)(C)C)c1. The maximum absolute atomic E-state index is 11.7. The van der Waals surface area contributed by atoms with E-state index in [2.05, 4.69) is 11.1 Å². The van der Waals surface area contributed by atoms with Crippen molar-refractivity contribution in [1.29, 1.82) is 0 Å². The molecule has 0 spiro atoms. The molecule has 17 heavy (non-hydrogen) atoms. The number of ketones is 1. The maximum Gasteiger partial charge on any atom is 0.143 e. The van der Waals surface area contributed by atoms with Crippen molar-refractivity contribution in [2.75, 3.05) is 0 Å². The van der Waals surface area contributed by atoms with Crippen LogP contribution in [0.1, 0.15) is 38.3 Å². The Morgan fingerprint density at radius 1 is 1.29 bits per heavy atom. The van der Waals surface area contributed by atoms with Crippen molar-refractivity contribution in [2.24, 2.45) is 10.4 Å². The van der Waals surface area contributed by atoms with Crippen molar-refractivity contribution in [3.05, 3.63) is 29.3 Å². The minimum absolute atomic E-state index is 0.214. The molecule has 1 rings (SSSR count). The zero-order valence-corrected chi connectivity index (χ0v) is 11.4. The number of rotatable bonds is 3. The molecule has 0 bridgehead atoms. The van der Waals surface area contributed by atoms with E-state index in [4.69, 9.17) is 0 Å². The van der Waals surface area contributed by atoms with Crippen LogP contribution < -0.4 is 0 Å². The van der Waals surface area contributed by atoms with Gasteiger partial charge in [-0.15, -0.1) is 0 Å². The topological polar surface area (TPSA) is 29.4 Å². The van der Waals surface area contributed by atoms with E-state index in [1.54, 1.807) is 6.21 Å². The molecule has 0 radical (unpaired) electrons. The second-order valence-electron chi connectivity index (χ2n) is 5.48. The van der Waals surface area contributed by atoms with Gasteiger partial charge in [-0.2, -0.15) is 0 Å². The molecule has 2 heteroatoms. The molecular weight excluding hydrogens is 210 g/mol. The Kier molecular flexibility index (Phi) is 4.22. The third-order valence-electron chi connectivity index (χ3n) is 2.71. The maximum atomic E-state index is 11.7. The van der Waals surface area contributed by atoms with Crippen LogP contribution in [0.2, 0.25) is 0 Å². The molecule has 0 atom stereocenters. The number of Topliss-reactive ketones (excluding diaryl/α,β-unsaturated/α-hetero) is 1. The van der Waals surface area contributed by atoms with Crippen LogP contribution in [0, 0.1) is 19.3 Å². The van der Waals surface area contributed by atoms with Crippen LogP contribution in [0.4, 0.5) is 5.69 Å². The van der Waals surface area contributed by atoms with Gasteiger partial charge in [0.1, 0.15) is 5.78 Å². The molecule has 0 aliphatic rings. The fourth-order valence-electron chi connectivity index (χ4n) is 1.39. The van der Waals surface area contributed by atoms with Crippen LogP contribution in [0.3, 0.4) is 0 Å². The second-order valence-corrected chi connectivity index (χ2v) is 5.48. The van der Waals surface area contributed by atoms with Crippen molar-refractivity contribution in [1.82, 2.24) is 0 Å². The van der Waals surface area contributed by atoms with Crippen LogP contribution in [-0.2, 0) is 4.79 Å². The summed E-state index contributed by atoms with van der Waals surface area (Å²) >= 11 is 0. The lowest BCUT2D eigenvalue weighted by Gasteiger charge is -2.14. The average Bonchev–Trinajstić information content (AvgIpc) is 2.21. The second kappa shape index (κ2) is 5.26. The summed E-state index contributed by atoms with van der Waals surface area (Å²) in [5.41, 5.74) is 2.99. The van der Waals surface area contributed by atoms with Gasteiger partial charge in [-0.05, 0) is 31.0 Å². The summed E-state index contributed by atoms with van der Waals surface area (Å²) in [6.45, 7) is 9.86. The highest BCUT2D eigenvalue weighted by molar-refractivity contribution is 5.95. The quantitative estimate of drug-likeness (QED) is 0.723. The Hall–Kier alpha value is -1.44. The molecular formula is C15H21NO. The summed E-state index contributed by atoms with van der Waals surface area (Å²) < 4.78 is 0. The van der Waals surface area contributed by atoms with E-state index in [1.807, 2.05) is 46.8 Å². The molecule has 1 aromatic carbocycles. The fraction of sp³-hybridized carbons (Fsp3) is 0.467. The Balaban J connectivity index is 2.72. The first-order chi connectivity index (χ1) is 7.80. The van der Waals surface area contributed by atoms with Crippen molar-refractivity contribution in [2.45, 2.75) is 41.0 Å². The molecule has 0 heterocycles. The Labute approximate surface area is 104 Å². The van der Waals surface area contributed by atoms with Gasteiger partial charge < -0.3 is 0 Å². The van der Waals surface area contributed by atoms with Crippen LogP contribution >= 0.6 is 0 Å². The number of aliphatic imine (C=N–C) groups is 1. The predicted octanol–water partition coefficient (Wildman–Crippen LogP) is 4.01. The number of aryl methyl sites for hydroxylation is 2. The van der Waals surface area contributed by atoms with Gasteiger partial charge in [-0.25, -0.2) is 0 Å². The van der Waals surface area contributed by atoms with Gasteiger partial charge in [-0.1, -0.05) is 32.9 Å². The minimum atomic E-state index is -0.284. The van der Waals surface area contributed by atoms with Crippen molar-refractivity contribution in [3.8, 4) is 0 Å². The lowest BCUT2D eigenvalue weighted by molar-refractivity contribution is -0.124. The van der Waals surface area contributed by atoms with Gasteiger partial charge in [0, 0.05) is 18.1 Å². The molecule has 0 fully saturated rings. The summed E-state index contributed by atoms with van der Waals surface area (Å²) in [7, 11) is 0. The standard InChI is InChI=1S/C15H21NO/c1-11-6-7-12(2)13(10-11)16-9-8-14(17)15(3,4)5/h6-7,9-10H,8H2,1-5H3. The van der Waals surface area contributed by atoms with Crippen molar-refractivity contribution in [3.63, 3.8) is 0 Å². The summed E-state index contributed by atoms with van der Waals surface area (Å²) in [5.74, 6) is 0.214. The van der Waals surface area contributed by atoms with Gasteiger partial charge >= 0.3 is 0 Å². The van der Waals surface area contributed by atoms with Crippen LogP contribution in [0.5, 0.6) is 0 Å². The lowest BCUT2D eigenvalue weighted by Crippen LogP contribution is -2.19. The Morgan fingerprint density at radius 2 is 1.94 bits per heavy atom. The summed E-state index contributed by atoms with van der Waals surface area (Å²) in [6.07, 6.45) is 2.12. The van der Waals surface area contributed by atoms with E-state index < -0.39 is 0 Å². The van der Waals surface area contributed by atoms with Crippen LogP contribution in [0.25, 0.3) is 0 Å². The predicted molar refractivity (Wildman–Crippen MR) is 73.1 cm³/mol. The van der Waals surface area contributed by atoms with Gasteiger partial charge in [0.15, 0.2) is 0 Å². The van der Waals surface area contributed by atoms with Crippen LogP contribution in [-0.4, -0.2) is 12.0 Å². The van der Waals surface area contributed by atoms with Crippen molar-refractivity contribution >= 4 is 17.7 Å². The van der Waals surface area contributed by atoms with Crippen LogP contribution in [0.15, 0.2) is 23.2 Å². The number of carbonyl (C=O) groups is 1. The summed E-state index contributed by atoms with van der Waals surface area (Å²) in [6, 6.07) is 6.15. The highest BCUT2D eigenvalue weighted by Crippen LogP contribution is 2.20. The molecule has 92 valence electrons. The number of nitrogens with zero attached hydrogens (tertiary/aromatic N) is 1. The third kappa shape index (κ3) is 4.14. The Bertz CT molecular complexity index is 439. The highest BCUT2D eigenvalue weighted by atomic mass is 16.1. The zero-order chi connectivity index (χ0) is 13.1. The molecule has 0 saturated heterocycles. The van der Waals surface area contributed by atoms with E-state index in [9.17, 15) is 4.79 Å². The number of carbonyl (C=O) groups excluding carboxylic acids is 1. The number of benzene rings is 1. The first-order valence-corrected chi connectivity index (χ1v) is 5.94. The monoisotopic (exact) mass is 231 g/mol. The molecule has 0 N–H and O–H groups in total. The summed E-state index contributed by atoms with van der Waals surface area (Å²) in [5, 5.41) is 0. The minimum Gasteiger partial charge on any atom is -0.299 e. The van der Waals surface area contributed by atoms with Gasteiger partial charge in [0.05, 0.1) is 5.69 Å². The van der Waals surface area contributed by atoms with E-state index >= 15 is 0 Å². The normalized spacial score (nSPS) is 12.1.